The Morgan fingerprint density at radius 3 is 1.47 bits per heavy atom. The summed E-state index contributed by atoms with van der Waals surface area (Å²) in [4.78, 5) is 51.6. The molecule has 0 unspecified atom stereocenters. The Morgan fingerprint density at radius 1 is 0.644 bits per heavy atom. The first-order valence-corrected chi connectivity index (χ1v) is 16.1. The van der Waals surface area contributed by atoms with Gasteiger partial charge in [-0.3, -0.25) is 0 Å². The number of ether oxygens (including phenoxy) is 4. The first-order valence-electron chi connectivity index (χ1n) is 15.0. The van der Waals surface area contributed by atoms with Gasteiger partial charge in [0.2, 0.25) is 0 Å². The van der Waals surface area contributed by atoms with Crippen molar-refractivity contribution in [2.75, 3.05) is 18.1 Å². The van der Waals surface area contributed by atoms with Crippen LogP contribution in [-0.4, -0.2) is 71.1 Å². The second kappa shape index (κ2) is 14.6. The maximum atomic E-state index is 13.1. The highest BCUT2D eigenvalue weighted by atomic mass is 32.2. The van der Waals surface area contributed by atoms with Crippen molar-refractivity contribution in [2.45, 2.75) is 97.1 Å². The normalized spacial score (nSPS) is 14.3. The molecule has 2 aromatic carbocycles. The Kier molecular flexibility index (Phi) is 11.6. The lowest BCUT2D eigenvalue weighted by Gasteiger charge is -2.27. The predicted molar refractivity (Wildman–Crippen MR) is 174 cm³/mol. The highest BCUT2D eigenvalue weighted by molar-refractivity contribution is 7.99. The SMILES string of the molecule is CC(C)(C)OC(=O)N[C@@H](CSC[C@H](NC(=O)OCC1c2ccccc2-c2ccccc21)C(=O)OC(C)(C)C)C(=O)OC(C)(C)C. The Hall–Kier alpha value is -3.73. The summed E-state index contributed by atoms with van der Waals surface area (Å²) in [7, 11) is 0. The van der Waals surface area contributed by atoms with E-state index in [1.54, 1.807) is 62.3 Å². The molecule has 1 aliphatic carbocycles. The van der Waals surface area contributed by atoms with E-state index in [1.807, 2.05) is 48.5 Å². The van der Waals surface area contributed by atoms with E-state index in [-0.39, 0.29) is 24.0 Å². The number of hydrogen-bond acceptors (Lipinski definition) is 9. The molecule has 0 spiro atoms. The molecule has 2 N–H and O–H groups in total. The Labute approximate surface area is 270 Å². The van der Waals surface area contributed by atoms with Crippen LogP contribution in [0.3, 0.4) is 0 Å². The van der Waals surface area contributed by atoms with Crippen molar-refractivity contribution in [3.63, 3.8) is 0 Å². The lowest BCUT2D eigenvalue weighted by atomic mass is 9.98. The van der Waals surface area contributed by atoms with Gasteiger partial charge < -0.3 is 29.6 Å². The van der Waals surface area contributed by atoms with Gasteiger partial charge in [-0.15, -0.1) is 0 Å². The lowest BCUT2D eigenvalue weighted by molar-refractivity contribution is -0.157. The first kappa shape index (κ1) is 35.7. The van der Waals surface area contributed by atoms with Crippen LogP contribution in [0.1, 0.15) is 79.4 Å². The van der Waals surface area contributed by atoms with Gasteiger partial charge in [0.05, 0.1) is 0 Å². The molecule has 0 saturated carbocycles. The van der Waals surface area contributed by atoms with Crippen molar-refractivity contribution in [1.29, 1.82) is 0 Å². The van der Waals surface area contributed by atoms with Gasteiger partial charge in [0.15, 0.2) is 0 Å². The predicted octanol–water partition coefficient (Wildman–Crippen LogP) is 6.20. The van der Waals surface area contributed by atoms with Crippen molar-refractivity contribution < 1.29 is 38.1 Å². The van der Waals surface area contributed by atoms with Gasteiger partial charge in [-0.1, -0.05) is 48.5 Å². The summed E-state index contributed by atoms with van der Waals surface area (Å²) in [6.07, 6.45) is -1.55. The second-order valence-corrected chi connectivity index (χ2v) is 14.9. The van der Waals surface area contributed by atoms with Crippen LogP contribution in [0.4, 0.5) is 9.59 Å². The molecule has 0 aliphatic heterocycles. The number of nitrogens with one attached hydrogen (secondary N) is 2. The summed E-state index contributed by atoms with van der Waals surface area (Å²) in [6.45, 7) is 15.6. The number of rotatable bonds is 10. The van der Waals surface area contributed by atoms with Crippen molar-refractivity contribution in [2.24, 2.45) is 0 Å². The van der Waals surface area contributed by atoms with E-state index in [1.165, 1.54) is 0 Å². The number of amides is 2. The Morgan fingerprint density at radius 2 is 1.04 bits per heavy atom. The van der Waals surface area contributed by atoms with Crippen molar-refractivity contribution >= 4 is 35.9 Å². The highest BCUT2D eigenvalue weighted by Crippen LogP contribution is 2.44. The summed E-state index contributed by atoms with van der Waals surface area (Å²) in [6, 6.07) is 13.8. The molecule has 10 nitrogen and oxygen atoms in total. The van der Waals surface area contributed by atoms with E-state index in [0.29, 0.717) is 0 Å². The number of hydrogen-bond donors (Lipinski definition) is 2. The number of fused-ring (bicyclic) bond motifs is 3. The van der Waals surface area contributed by atoms with Crippen molar-refractivity contribution in [3.8, 4) is 11.1 Å². The van der Waals surface area contributed by atoms with Gasteiger partial charge in [-0.25, -0.2) is 19.2 Å². The fraction of sp³-hybridized carbons (Fsp3) is 0.529. The standard InChI is InChI=1S/C34H46N2O8S/c1-32(2,3)42-28(37)26(19-45-20-27(29(38)43-33(4,5)6)36-31(40)44-34(7,8)9)35-30(39)41-18-25-23-16-12-10-14-21(23)22-15-11-13-17-24(22)25/h10-17,25-27H,18-20H2,1-9H3,(H,35,39)(H,36,40)/t26-,27-/m0/s1. The van der Waals surface area contributed by atoms with E-state index in [9.17, 15) is 19.2 Å². The number of esters is 2. The van der Waals surface area contributed by atoms with Crippen LogP contribution in [-0.2, 0) is 28.5 Å². The highest BCUT2D eigenvalue weighted by Gasteiger charge is 2.33. The molecule has 11 heteroatoms. The molecule has 0 radical (unpaired) electrons. The smallest absolute Gasteiger partial charge is 0.408 e. The third-order valence-electron chi connectivity index (χ3n) is 6.28. The summed E-state index contributed by atoms with van der Waals surface area (Å²) < 4.78 is 22.0. The fourth-order valence-electron chi connectivity index (χ4n) is 4.62. The van der Waals surface area contributed by atoms with Crippen molar-refractivity contribution in [1.82, 2.24) is 10.6 Å². The number of thioether (sulfide) groups is 1. The van der Waals surface area contributed by atoms with E-state index < -0.39 is 53.0 Å². The van der Waals surface area contributed by atoms with Crippen LogP contribution in [0.5, 0.6) is 0 Å². The van der Waals surface area contributed by atoms with Crippen molar-refractivity contribution in [3.05, 3.63) is 59.7 Å². The maximum Gasteiger partial charge on any atom is 0.408 e. The molecule has 1 aliphatic rings. The molecule has 2 amide bonds. The van der Waals surface area contributed by atoms with Gasteiger partial charge in [0.25, 0.3) is 0 Å². The molecule has 0 saturated heterocycles. The zero-order chi connectivity index (χ0) is 33.6. The van der Waals surface area contributed by atoms with Crippen LogP contribution in [0.2, 0.25) is 0 Å². The minimum absolute atomic E-state index is 0.0361. The molecule has 2 atom stereocenters. The third-order valence-corrected chi connectivity index (χ3v) is 7.42. The largest absolute Gasteiger partial charge is 0.458 e. The molecule has 0 heterocycles. The van der Waals surface area contributed by atoms with Crippen LogP contribution in [0.15, 0.2) is 48.5 Å². The van der Waals surface area contributed by atoms with Crippen LogP contribution in [0.25, 0.3) is 11.1 Å². The van der Waals surface area contributed by atoms with Crippen LogP contribution < -0.4 is 10.6 Å². The van der Waals surface area contributed by atoms with E-state index in [4.69, 9.17) is 18.9 Å². The van der Waals surface area contributed by atoms with Gasteiger partial charge in [-0.05, 0) is 84.6 Å². The number of alkyl carbamates (subject to hydrolysis) is 2. The lowest BCUT2D eigenvalue weighted by Crippen LogP contribution is -2.48. The molecule has 3 rings (SSSR count). The molecule has 45 heavy (non-hydrogen) atoms. The summed E-state index contributed by atoms with van der Waals surface area (Å²) >= 11 is 1.16. The second-order valence-electron chi connectivity index (χ2n) is 13.8. The quantitative estimate of drug-likeness (QED) is 0.230. The van der Waals surface area contributed by atoms with Gasteiger partial charge in [0, 0.05) is 17.4 Å². The Bertz CT molecular complexity index is 1330. The zero-order valence-corrected chi connectivity index (χ0v) is 28.5. The third kappa shape index (κ3) is 11.3. The topological polar surface area (TPSA) is 129 Å². The van der Waals surface area contributed by atoms with Gasteiger partial charge >= 0.3 is 24.1 Å². The van der Waals surface area contributed by atoms with E-state index in [2.05, 4.69) is 10.6 Å². The molecular weight excluding hydrogens is 596 g/mol. The zero-order valence-electron chi connectivity index (χ0n) is 27.6. The Balaban J connectivity index is 1.68. The number of carbonyl (C=O) groups is 4. The molecule has 246 valence electrons. The summed E-state index contributed by atoms with van der Waals surface area (Å²) in [5.74, 6) is -1.38. The first-order chi connectivity index (χ1) is 20.8. The molecule has 0 fully saturated rings. The fourth-order valence-corrected chi connectivity index (χ4v) is 5.67. The van der Waals surface area contributed by atoms with E-state index in [0.717, 1.165) is 34.0 Å². The summed E-state index contributed by atoms with van der Waals surface area (Å²) in [5.41, 5.74) is 1.97. The molecule has 0 aromatic heterocycles. The average Bonchev–Trinajstić information content (AvgIpc) is 3.21. The summed E-state index contributed by atoms with van der Waals surface area (Å²) in [5, 5.41) is 5.20. The monoisotopic (exact) mass is 642 g/mol. The molecular formula is C34H46N2O8S. The minimum Gasteiger partial charge on any atom is -0.458 e. The van der Waals surface area contributed by atoms with Crippen LogP contribution in [0, 0.1) is 0 Å². The number of carbonyl (C=O) groups excluding carboxylic acids is 4. The number of benzene rings is 2. The van der Waals surface area contributed by atoms with E-state index >= 15 is 0 Å². The minimum atomic E-state index is -1.09. The molecule has 2 aromatic rings. The average molecular weight is 643 g/mol. The van der Waals surface area contributed by atoms with Gasteiger partial charge in [-0.2, -0.15) is 11.8 Å². The maximum absolute atomic E-state index is 13.1. The van der Waals surface area contributed by atoms with Gasteiger partial charge in [0.1, 0.15) is 35.5 Å². The van der Waals surface area contributed by atoms with Crippen LogP contribution >= 0.6 is 11.8 Å². The molecule has 0 bridgehead atoms.